The second-order valence-electron chi connectivity index (χ2n) is 10.6. The summed E-state index contributed by atoms with van der Waals surface area (Å²) in [6, 6.07) is 24.9. The second kappa shape index (κ2) is 15.6. The lowest BCUT2D eigenvalue weighted by molar-refractivity contribution is -0.146. The molecule has 1 fully saturated rings. The number of nitrogens with one attached hydrogen (secondary N) is 1. The number of hydrogen-bond acceptors (Lipinski definition) is 10. The average molecular weight is 721 g/mol. The first kappa shape index (κ1) is 35.5. The van der Waals surface area contributed by atoms with Gasteiger partial charge in [0.05, 0.1) is 6.61 Å². The molecular formula is C31H33F2N4O8P3. The monoisotopic (exact) mass is 720 g/mol. The van der Waals surface area contributed by atoms with Crippen LogP contribution in [-0.4, -0.2) is 46.3 Å². The molecule has 7 atom stereocenters. The van der Waals surface area contributed by atoms with Gasteiger partial charge in [-0.05, 0) is 61.6 Å². The maximum atomic E-state index is 16.2. The lowest BCUT2D eigenvalue weighted by Gasteiger charge is -2.26. The highest BCUT2D eigenvalue weighted by molar-refractivity contribution is 7.52. The van der Waals surface area contributed by atoms with E-state index in [1.165, 1.54) is 41.7 Å². The maximum absolute atomic E-state index is 16.2. The Bertz CT molecular complexity index is 1770. The van der Waals surface area contributed by atoms with E-state index >= 15 is 8.78 Å². The number of nitrogens with zero attached hydrogens (tertiary/aromatic N) is 3. The molecule has 254 valence electrons. The van der Waals surface area contributed by atoms with Crippen LogP contribution < -0.4 is 24.5 Å². The quantitative estimate of drug-likeness (QED) is 0.130. The van der Waals surface area contributed by atoms with Crippen LogP contribution in [0.4, 0.5) is 14.6 Å². The Morgan fingerprint density at radius 1 is 1.02 bits per heavy atom. The lowest BCUT2D eigenvalue weighted by atomic mass is 10.1. The summed E-state index contributed by atoms with van der Waals surface area (Å²) in [6.45, 7) is 0.587. The number of para-hydroxylation sites is 2. The maximum Gasteiger partial charge on any atom is 0.459 e. The number of rotatable bonds is 14. The molecule has 1 N–H and O–H groups in total. The van der Waals surface area contributed by atoms with E-state index in [1.54, 1.807) is 60.7 Å². The Labute approximate surface area is 279 Å². The molecule has 4 aromatic rings. The van der Waals surface area contributed by atoms with Crippen molar-refractivity contribution in [2.75, 3.05) is 11.0 Å². The van der Waals surface area contributed by atoms with E-state index in [9.17, 15) is 14.2 Å². The van der Waals surface area contributed by atoms with E-state index in [2.05, 4.69) is 28.9 Å². The van der Waals surface area contributed by atoms with Crippen LogP contribution in [0.2, 0.25) is 0 Å². The van der Waals surface area contributed by atoms with E-state index in [1.807, 2.05) is 6.07 Å². The van der Waals surface area contributed by atoms with Crippen LogP contribution in [0.1, 0.15) is 18.7 Å². The van der Waals surface area contributed by atoms with Gasteiger partial charge < -0.3 is 23.2 Å². The van der Waals surface area contributed by atoms with Crippen molar-refractivity contribution in [2.24, 2.45) is 0 Å². The minimum absolute atomic E-state index is 0.0390. The molecular weight excluding hydrogens is 687 g/mol. The van der Waals surface area contributed by atoms with Gasteiger partial charge in [-0.3, -0.25) is 13.9 Å². The Morgan fingerprint density at radius 3 is 2.23 bits per heavy atom. The van der Waals surface area contributed by atoms with E-state index in [-0.39, 0.29) is 23.9 Å². The first-order valence-corrected chi connectivity index (χ1v) is 17.1. The van der Waals surface area contributed by atoms with Crippen LogP contribution in [0.5, 0.6) is 11.5 Å². The first-order valence-electron chi connectivity index (χ1n) is 14.6. The smallest absolute Gasteiger partial charge is 0.459 e. The number of carbonyl (C=O) groups excluding carboxylic acids is 1. The van der Waals surface area contributed by atoms with Crippen LogP contribution in [0.3, 0.4) is 0 Å². The Kier molecular flexibility index (Phi) is 11.6. The normalized spacial score (nSPS) is 20.3. The van der Waals surface area contributed by atoms with Crippen molar-refractivity contribution < 1.29 is 41.4 Å². The molecule has 17 heteroatoms. The van der Waals surface area contributed by atoms with Crippen molar-refractivity contribution in [3.63, 3.8) is 0 Å². The van der Waals surface area contributed by atoms with Gasteiger partial charge in [0.25, 0.3) is 0 Å². The number of alkyl halides is 2. The molecule has 0 bridgehead atoms. The highest BCUT2D eigenvalue weighted by atomic mass is 31.2. The van der Waals surface area contributed by atoms with Gasteiger partial charge in [-0.1, -0.05) is 66.7 Å². The molecule has 3 aromatic carbocycles. The number of esters is 1. The van der Waals surface area contributed by atoms with E-state index in [0.29, 0.717) is 4.57 Å². The van der Waals surface area contributed by atoms with Crippen LogP contribution >= 0.6 is 26.5 Å². The van der Waals surface area contributed by atoms with E-state index < -0.39 is 56.4 Å². The van der Waals surface area contributed by atoms with Crippen molar-refractivity contribution in [1.82, 2.24) is 14.6 Å². The lowest BCUT2D eigenvalue weighted by Crippen LogP contribution is -2.45. The molecule has 48 heavy (non-hydrogen) atoms. The van der Waals surface area contributed by atoms with Gasteiger partial charge in [-0.2, -0.15) is 18.9 Å². The number of ether oxygens (including phenoxy) is 3. The molecule has 0 spiro atoms. The third kappa shape index (κ3) is 8.82. The Morgan fingerprint density at radius 2 is 1.62 bits per heavy atom. The standard InChI is InChI=1S/C31H33F2N4O8P3/c1-21(28(38)41-19-22-11-5-2-6-12-22)35-48(40,45-24-15-9-4-10-16-24)42-20-25-27(43-23-13-7-3-8-14-23)31(32,33)29(44-25)36-18-17-26(37(46)47)34-30(36)39/h2-18,21,25,27,29H,19-20,46-47H2,1H3,(H,35,40). The van der Waals surface area contributed by atoms with Crippen molar-refractivity contribution in [3.8, 4) is 11.5 Å². The summed E-state index contributed by atoms with van der Waals surface area (Å²) in [5.74, 6) is -4.19. The summed E-state index contributed by atoms with van der Waals surface area (Å²) in [4.78, 5) is 29.5. The van der Waals surface area contributed by atoms with Crippen molar-refractivity contribution in [3.05, 3.63) is 119 Å². The zero-order valence-electron chi connectivity index (χ0n) is 25.5. The summed E-state index contributed by atoms with van der Waals surface area (Å²) < 4.78 is 76.6. The average Bonchev–Trinajstić information content (AvgIpc) is 3.32. The van der Waals surface area contributed by atoms with Crippen LogP contribution in [0, 0.1) is 0 Å². The largest absolute Gasteiger partial charge is 0.481 e. The molecule has 1 aliphatic rings. The van der Waals surface area contributed by atoms with E-state index in [4.69, 9.17) is 23.3 Å². The highest BCUT2D eigenvalue weighted by Crippen LogP contribution is 2.49. The van der Waals surface area contributed by atoms with Crippen LogP contribution in [0.25, 0.3) is 0 Å². The topological polar surface area (TPSA) is 130 Å². The van der Waals surface area contributed by atoms with Gasteiger partial charge in [0.1, 0.15) is 36.1 Å². The summed E-state index contributed by atoms with van der Waals surface area (Å²) in [5.41, 5.74) is -0.269. The Hall–Kier alpha value is -3.76. The summed E-state index contributed by atoms with van der Waals surface area (Å²) in [6.07, 6.45) is -4.65. The third-order valence-electron chi connectivity index (χ3n) is 7.00. The van der Waals surface area contributed by atoms with Crippen molar-refractivity contribution >= 4 is 38.3 Å². The molecule has 5 rings (SSSR count). The van der Waals surface area contributed by atoms with Gasteiger partial charge in [0.2, 0.25) is 6.23 Å². The van der Waals surface area contributed by atoms with Gasteiger partial charge in [0, 0.05) is 6.20 Å². The molecule has 0 radical (unpaired) electrons. The summed E-state index contributed by atoms with van der Waals surface area (Å²) >= 11 is 0. The van der Waals surface area contributed by atoms with Crippen LogP contribution in [0.15, 0.2) is 108 Å². The molecule has 1 saturated heterocycles. The molecule has 1 aromatic heterocycles. The molecule has 0 saturated carbocycles. The minimum atomic E-state index is -4.49. The fourth-order valence-electron chi connectivity index (χ4n) is 4.65. The predicted molar refractivity (Wildman–Crippen MR) is 180 cm³/mol. The minimum Gasteiger partial charge on any atom is -0.481 e. The molecule has 7 unspecified atom stereocenters. The second-order valence-corrected chi connectivity index (χ2v) is 14.0. The predicted octanol–water partition coefficient (Wildman–Crippen LogP) is 5.54. The fourth-order valence-corrected chi connectivity index (χ4v) is 6.43. The molecule has 0 amide bonds. The van der Waals surface area contributed by atoms with Crippen molar-refractivity contribution in [1.29, 1.82) is 0 Å². The number of aromatic nitrogens is 2. The number of anilines is 1. The summed E-state index contributed by atoms with van der Waals surface area (Å²) in [7, 11) is 0.0636. The SMILES string of the molecule is CC(NP(=O)(OCC1OC(n2ccc(N(P)P)nc2=O)C(F)(F)C1Oc1ccccc1)Oc1ccccc1)C(=O)OCc1ccccc1. The van der Waals surface area contributed by atoms with Crippen LogP contribution in [-0.2, 0) is 30.0 Å². The molecule has 2 heterocycles. The van der Waals surface area contributed by atoms with Gasteiger partial charge in [-0.25, -0.2) is 9.36 Å². The zero-order chi connectivity index (χ0) is 34.3. The van der Waals surface area contributed by atoms with Gasteiger partial charge in [-0.15, -0.1) is 0 Å². The van der Waals surface area contributed by atoms with Gasteiger partial charge >= 0.3 is 25.3 Å². The molecule has 1 aliphatic heterocycles. The molecule has 12 nitrogen and oxygen atoms in total. The van der Waals surface area contributed by atoms with Gasteiger partial charge in [0.15, 0.2) is 6.10 Å². The zero-order valence-corrected chi connectivity index (χ0v) is 28.7. The fraction of sp³-hybridized carbons (Fsp3) is 0.258. The summed E-state index contributed by atoms with van der Waals surface area (Å²) in [5, 5.41) is 2.53. The highest BCUT2D eigenvalue weighted by Gasteiger charge is 2.62. The van der Waals surface area contributed by atoms with E-state index in [0.717, 1.165) is 11.8 Å². The number of benzene rings is 3. The van der Waals surface area contributed by atoms with Crippen molar-refractivity contribution in [2.45, 2.75) is 43.9 Å². The number of halogens is 2. The molecule has 0 aliphatic carbocycles. The Balaban J connectivity index is 1.39. The number of carbonyl (C=O) groups is 1. The third-order valence-corrected chi connectivity index (χ3v) is 9.17. The number of hydrogen-bond donors (Lipinski definition) is 1. The first-order chi connectivity index (χ1) is 22.9.